The van der Waals surface area contributed by atoms with E-state index in [1.165, 1.54) is 12.1 Å². The third-order valence-electron chi connectivity index (χ3n) is 2.74. The highest BCUT2D eigenvalue weighted by atomic mass is 32.2. The van der Waals surface area contributed by atoms with Crippen LogP contribution in [-0.4, -0.2) is 21.3 Å². The van der Waals surface area contributed by atoms with Gasteiger partial charge >= 0.3 is 0 Å². The number of aryl methyl sites for hydroxylation is 1. The van der Waals surface area contributed by atoms with Crippen molar-refractivity contribution in [3.8, 4) is 0 Å². The third-order valence-corrected chi connectivity index (χ3v) is 3.87. The van der Waals surface area contributed by atoms with Crippen LogP contribution in [0, 0.1) is 18.6 Å². The topological polar surface area (TPSA) is 56.7 Å². The Labute approximate surface area is 114 Å². The van der Waals surface area contributed by atoms with Gasteiger partial charge in [-0.3, -0.25) is 0 Å². The van der Waals surface area contributed by atoms with Crippen LogP contribution in [0.15, 0.2) is 22.2 Å². The Morgan fingerprint density at radius 2 is 1.89 bits per heavy atom. The first-order chi connectivity index (χ1) is 9.02. The molecule has 0 saturated carbocycles. The predicted octanol–water partition coefficient (Wildman–Crippen LogP) is 2.05. The molecule has 0 aliphatic carbocycles. The summed E-state index contributed by atoms with van der Waals surface area (Å²) in [6.45, 7) is 2.13. The summed E-state index contributed by atoms with van der Waals surface area (Å²) < 4.78 is 29.5. The largest absolute Gasteiger partial charge is 0.330 e. The molecule has 7 heteroatoms. The van der Waals surface area contributed by atoms with E-state index in [0.29, 0.717) is 29.5 Å². The summed E-state index contributed by atoms with van der Waals surface area (Å²) >= 11 is 0.923. The molecule has 102 valence electrons. The molecule has 0 radical (unpaired) electrons. The SMILES string of the molecule is Cc1nnc(Sc2c(F)cc(CCN)cc2F)n1C. The van der Waals surface area contributed by atoms with Gasteiger partial charge in [0.2, 0.25) is 0 Å². The van der Waals surface area contributed by atoms with Gasteiger partial charge in [-0.25, -0.2) is 8.78 Å². The molecule has 4 nitrogen and oxygen atoms in total. The molecule has 0 unspecified atom stereocenters. The van der Waals surface area contributed by atoms with Gasteiger partial charge in [-0.05, 0) is 49.3 Å². The maximum Gasteiger partial charge on any atom is 0.195 e. The molecule has 0 aliphatic heterocycles. The smallest absolute Gasteiger partial charge is 0.195 e. The lowest BCUT2D eigenvalue weighted by molar-refractivity contribution is 0.536. The van der Waals surface area contributed by atoms with Crippen LogP contribution in [0.4, 0.5) is 8.78 Å². The molecular formula is C12H14F2N4S. The van der Waals surface area contributed by atoms with E-state index in [1.807, 2.05) is 0 Å². The third kappa shape index (κ3) is 2.93. The van der Waals surface area contributed by atoms with Gasteiger partial charge in [-0.1, -0.05) is 0 Å². The zero-order chi connectivity index (χ0) is 14.0. The van der Waals surface area contributed by atoms with Gasteiger partial charge in [0.25, 0.3) is 0 Å². The van der Waals surface area contributed by atoms with Gasteiger partial charge in [0.1, 0.15) is 17.5 Å². The van der Waals surface area contributed by atoms with Gasteiger partial charge in [-0.15, -0.1) is 10.2 Å². The molecule has 1 aromatic heterocycles. The van der Waals surface area contributed by atoms with Crippen molar-refractivity contribution in [1.82, 2.24) is 14.8 Å². The molecule has 0 bridgehead atoms. The van der Waals surface area contributed by atoms with E-state index >= 15 is 0 Å². The highest BCUT2D eigenvalue weighted by Gasteiger charge is 2.16. The minimum absolute atomic E-state index is 0.0729. The predicted molar refractivity (Wildman–Crippen MR) is 69.0 cm³/mol. The summed E-state index contributed by atoms with van der Waals surface area (Å²) in [6.07, 6.45) is 0.446. The Bertz CT molecular complexity index is 574. The molecular weight excluding hydrogens is 270 g/mol. The van der Waals surface area contributed by atoms with E-state index < -0.39 is 11.6 Å². The second-order valence-corrected chi connectivity index (χ2v) is 5.10. The first kappa shape index (κ1) is 14.0. The Morgan fingerprint density at radius 3 is 2.37 bits per heavy atom. The molecule has 0 atom stereocenters. The molecule has 0 amide bonds. The first-order valence-corrected chi connectivity index (χ1v) is 6.56. The number of halogens is 2. The van der Waals surface area contributed by atoms with Crippen LogP contribution in [0.3, 0.4) is 0 Å². The summed E-state index contributed by atoms with van der Waals surface area (Å²) in [6, 6.07) is 2.61. The number of nitrogens with two attached hydrogens (primary N) is 1. The van der Waals surface area contributed by atoms with Crippen molar-refractivity contribution in [3.05, 3.63) is 35.2 Å². The normalized spacial score (nSPS) is 11.0. The van der Waals surface area contributed by atoms with Gasteiger partial charge in [0.15, 0.2) is 5.16 Å². The lowest BCUT2D eigenvalue weighted by Gasteiger charge is -2.07. The number of hydrogen-bond donors (Lipinski definition) is 1. The zero-order valence-corrected chi connectivity index (χ0v) is 11.5. The van der Waals surface area contributed by atoms with Gasteiger partial charge in [0.05, 0.1) is 4.90 Å². The fourth-order valence-electron chi connectivity index (χ4n) is 1.59. The summed E-state index contributed by atoms with van der Waals surface area (Å²) in [7, 11) is 1.75. The van der Waals surface area contributed by atoms with Crippen LogP contribution in [0.25, 0.3) is 0 Å². The van der Waals surface area contributed by atoms with E-state index in [-0.39, 0.29) is 4.90 Å². The summed E-state index contributed by atoms with van der Waals surface area (Å²) in [5.74, 6) is -0.522. The van der Waals surface area contributed by atoms with Crippen molar-refractivity contribution in [2.45, 2.75) is 23.4 Å². The minimum Gasteiger partial charge on any atom is -0.330 e. The van der Waals surface area contributed by atoms with Crippen molar-refractivity contribution < 1.29 is 8.78 Å². The number of rotatable bonds is 4. The average Bonchev–Trinajstić information content (AvgIpc) is 2.66. The number of hydrogen-bond acceptors (Lipinski definition) is 4. The van der Waals surface area contributed by atoms with Crippen LogP contribution in [0.2, 0.25) is 0 Å². The van der Waals surface area contributed by atoms with Crippen molar-refractivity contribution in [2.75, 3.05) is 6.54 Å². The Morgan fingerprint density at radius 1 is 1.26 bits per heavy atom. The molecule has 2 aromatic rings. The molecule has 0 fully saturated rings. The lowest BCUT2D eigenvalue weighted by Crippen LogP contribution is -2.04. The standard InChI is InChI=1S/C12H14F2N4S/c1-7-16-17-12(18(7)2)19-11-9(13)5-8(3-4-15)6-10(11)14/h5-6H,3-4,15H2,1-2H3. The minimum atomic E-state index is -0.603. The van der Waals surface area contributed by atoms with Crippen molar-refractivity contribution >= 4 is 11.8 Å². The molecule has 1 aromatic carbocycles. The summed E-state index contributed by atoms with van der Waals surface area (Å²) in [5, 5.41) is 8.17. The first-order valence-electron chi connectivity index (χ1n) is 5.74. The molecule has 1 heterocycles. The van der Waals surface area contributed by atoms with E-state index in [9.17, 15) is 8.78 Å². The van der Waals surface area contributed by atoms with Crippen LogP contribution >= 0.6 is 11.8 Å². The van der Waals surface area contributed by atoms with Gasteiger partial charge < -0.3 is 10.3 Å². The number of aromatic nitrogens is 3. The van der Waals surface area contributed by atoms with Crippen LogP contribution in [-0.2, 0) is 13.5 Å². The maximum absolute atomic E-state index is 13.9. The molecule has 19 heavy (non-hydrogen) atoms. The van der Waals surface area contributed by atoms with E-state index in [0.717, 1.165) is 11.8 Å². The number of nitrogens with zero attached hydrogens (tertiary/aromatic N) is 3. The molecule has 0 saturated heterocycles. The Hall–Kier alpha value is -1.47. The Kier molecular flexibility index (Phi) is 4.16. The highest BCUT2D eigenvalue weighted by molar-refractivity contribution is 7.99. The molecule has 2 N–H and O–H groups in total. The Balaban J connectivity index is 2.33. The molecule has 0 aliphatic rings. The van der Waals surface area contributed by atoms with Gasteiger partial charge in [-0.2, -0.15) is 0 Å². The monoisotopic (exact) mass is 284 g/mol. The molecule has 0 spiro atoms. The fraction of sp³-hybridized carbons (Fsp3) is 0.333. The van der Waals surface area contributed by atoms with Gasteiger partial charge in [0, 0.05) is 7.05 Å². The summed E-state index contributed by atoms with van der Waals surface area (Å²) in [5.41, 5.74) is 5.93. The molecule has 2 rings (SSSR count). The van der Waals surface area contributed by atoms with Crippen LogP contribution in [0.1, 0.15) is 11.4 Å². The number of benzene rings is 1. The van der Waals surface area contributed by atoms with E-state index in [4.69, 9.17) is 5.73 Å². The zero-order valence-electron chi connectivity index (χ0n) is 10.7. The fourth-order valence-corrected chi connectivity index (χ4v) is 2.43. The second-order valence-electron chi connectivity index (χ2n) is 4.12. The van der Waals surface area contributed by atoms with Crippen molar-refractivity contribution in [3.63, 3.8) is 0 Å². The van der Waals surface area contributed by atoms with Crippen LogP contribution in [0.5, 0.6) is 0 Å². The van der Waals surface area contributed by atoms with Crippen LogP contribution < -0.4 is 5.73 Å². The second kappa shape index (κ2) is 5.66. The van der Waals surface area contributed by atoms with E-state index in [2.05, 4.69) is 10.2 Å². The summed E-state index contributed by atoms with van der Waals surface area (Å²) in [4.78, 5) is -0.0729. The van der Waals surface area contributed by atoms with E-state index in [1.54, 1.807) is 18.5 Å². The highest BCUT2D eigenvalue weighted by Crippen LogP contribution is 2.31. The van der Waals surface area contributed by atoms with Crippen molar-refractivity contribution in [2.24, 2.45) is 12.8 Å². The maximum atomic E-state index is 13.9. The lowest BCUT2D eigenvalue weighted by atomic mass is 10.1. The quantitative estimate of drug-likeness (QED) is 0.933. The average molecular weight is 284 g/mol. The van der Waals surface area contributed by atoms with Crippen molar-refractivity contribution in [1.29, 1.82) is 0 Å².